The molecule has 0 saturated carbocycles. The third kappa shape index (κ3) is 3.64. The average molecular weight is 309 g/mol. The zero-order valence-corrected chi connectivity index (χ0v) is 11.5. The van der Waals surface area contributed by atoms with Crippen molar-refractivity contribution < 1.29 is 18.0 Å². The molecule has 1 atom stereocenters. The number of nitrogens with two attached hydrogens (primary N) is 1. The Morgan fingerprint density at radius 2 is 1.95 bits per heavy atom. The number of halogens is 4. The Morgan fingerprint density at radius 3 is 2.55 bits per heavy atom. The summed E-state index contributed by atoms with van der Waals surface area (Å²) in [5.41, 5.74) is 4.56. The lowest BCUT2D eigenvalue weighted by molar-refractivity contribution is -0.138. The molecule has 112 valence electrons. The lowest BCUT2D eigenvalue weighted by Gasteiger charge is -2.31. The molecule has 0 aliphatic carbocycles. The number of alkyl halides is 3. The summed E-state index contributed by atoms with van der Waals surface area (Å²) in [7, 11) is 0. The summed E-state index contributed by atoms with van der Waals surface area (Å²) in [6.45, 7) is 0.768. The Balaban J connectivity index is 0.00000200. The number of likely N-dealkylation sites (tertiary alicyclic amines) is 1. The van der Waals surface area contributed by atoms with Gasteiger partial charge < -0.3 is 10.6 Å². The summed E-state index contributed by atoms with van der Waals surface area (Å²) in [6.07, 6.45) is -3.00. The van der Waals surface area contributed by atoms with E-state index in [-0.39, 0.29) is 24.0 Å². The second-order valence-electron chi connectivity index (χ2n) is 4.70. The van der Waals surface area contributed by atoms with Gasteiger partial charge in [0.05, 0.1) is 11.1 Å². The Morgan fingerprint density at radius 1 is 1.30 bits per heavy atom. The van der Waals surface area contributed by atoms with Crippen LogP contribution in [0.3, 0.4) is 0 Å². The molecule has 0 spiro atoms. The topological polar surface area (TPSA) is 46.3 Å². The second kappa shape index (κ2) is 6.45. The van der Waals surface area contributed by atoms with E-state index >= 15 is 0 Å². The van der Waals surface area contributed by atoms with E-state index in [1.165, 1.54) is 23.1 Å². The molecule has 1 heterocycles. The van der Waals surface area contributed by atoms with Crippen molar-refractivity contribution in [1.29, 1.82) is 0 Å². The minimum atomic E-state index is -4.52. The van der Waals surface area contributed by atoms with Gasteiger partial charge in [0.2, 0.25) is 0 Å². The van der Waals surface area contributed by atoms with Crippen molar-refractivity contribution in [2.75, 3.05) is 13.1 Å². The third-order valence-electron chi connectivity index (χ3n) is 3.21. The van der Waals surface area contributed by atoms with E-state index in [2.05, 4.69) is 0 Å². The molecule has 1 fully saturated rings. The van der Waals surface area contributed by atoms with Gasteiger partial charge in [-0.15, -0.1) is 12.4 Å². The van der Waals surface area contributed by atoms with Gasteiger partial charge in [-0.25, -0.2) is 0 Å². The van der Waals surface area contributed by atoms with Crippen molar-refractivity contribution >= 4 is 18.3 Å². The predicted octanol–water partition coefficient (Wildman–Crippen LogP) is 2.69. The number of piperidine rings is 1. The van der Waals surface area contributed by atoms with E-state index < -0.39 is 17.6 Å². The van der Waals surface area contributed by atoms with Gasteiger partial charge >= 0.3 is 6.18 Å². The van der Waals surface area contributed by atoms with Crippen LogP contribution in [0.5, 0.6) is 0 Å². The van der Waals surface area contributed by atoms with Crippen LogP contribution >= 0.6 is 12.4 Å². The Kier molecular flexibility index (Phi) is 5.42. The fraction of sp³-hybridized carbons (Fsp3) is 0.462. The fourth-order valence-electron chi connectivity index (χ4n) is 2.28. The normalized spacial score (nSPS) is 19.4. The molecule has 2 N–H and O–H groups in total. The van der Waals surface area contributed by atoms with Gasteiger partial charge in [-0.3, -0.25) is 4.79 Å². The summed E-state index contributed by atoms with van der Waals surface area (Å²) >= 11 is 0. The maximum atomic E-state index is 12.9. The van der Waals surface area contributed by atoms with E-state index in [0.29, 0.717) is 13.1 Å². The number of hydrogen-bond acceptors (Lipinski definition) is 2. The number of nitrogens with zero attached hydrogens (tertiary/aromatic N) is 1. The van der Waals surface area contributed by atoms with Gasteiger partial charge in [-0.1, -0.05) is 12.1 Å². The minimum absolute atomic E-state index is 0. The van der Waals surface area contributed by atoms with E-state index in [0.717, 1.165) is 18.9 Å². The molecule has 0 radical (unpaired) electrons. The molecule has 1 amide bonds. The quantitative estimate of drug-likeness (QED) is 0.867. The van der Waals surface area contributed by atoms with Crippen LogP contribution in [0.25, 0.3) is 0 Å². The van der Waals surface area contributed by atoms with Crippen molar-refractivity contribution in [3.63, 3.8) is 0 Å². The lowest BCUT2D eigenvalue weighted by atomic mass is 10.0. The first-order chi connectivity index (χ1) is 8.89. The number of carbonyl (C=O) groups excluding carboxylic acids is 1. The SMILES string of the molecule is Cl.N[C@@H]1CCCN(C(=O)c2ccccc2C(F)(F)F)C1. The highest BCUT2D eigenvalue weighted by Crippen LogP contribution is 2.32. The maximum absolute atomic E-state index is 12.9. The first-order valence-corrected chi connectivity index (χ1v) is 6.10. The zero-order chi connectivity index (χ0) is 14.0. The number of rotatable bonds is 1. The standard InChI is InChI=1S/C13H15F3N2O.ClH/c14-13(15,16)11-6-2-1-5-10(11)12(19)18-7-3-4-9(17)8-18;/h1-2,5-6,9H,3-4,7-8,17H2;1H/t9-;/m1./s1. The van der Waals surface area contributed by atoms with E-state index in [1.807, 2.05) is 0 Å². The van der Waals surface area contributed by atoms with Crippen LogP contribution in [-0.4, -0.2) is 29.9 Å². The summed E-state index contributed by atoms with van der Waals surface area (Å²) in [5, 5.41) is 0. The Labute approximate surface area is 121 Å². The number of benzene rings is 1. The van der Waals surface area contributed by atoms with Crippen LogP contribution in [0.15, 0.2) is 24.3 Å². The first-order valence-electron chi connectivity index (χ1n) is 6.10. The molecule has 3 nitrogen and oxygen atoms in total. The van der Waals surface area contributed by atoms with Gasteiger partial charge in [0.25, 0.3) is 5.91 Å². The predicted molar refractivity (Wildman–Crippen MR) is 71.8 cm³/mol. The smallest absolute Gasteiger partial charge is 0.337 e. The molecule has 1 aliphatic rings. The number of amides is 1. The maximum Gasteiger partial charge on any atom is 0.417 e. The van der Waals surface area contributed by atoms with Crippen molar-refractivity contribution in [3.05, 3.63) is 35.4 Å². The average Bonchev–Trinajstić information content (AvgIpc) is 2.37. The molecule has 2 rings (SSSR count). The van der Waals surface area contributed by atoms with Crippen LogP contribution in [0.2, 0.25) is 0 Å². The van der Waals surface area contributed by atoms with E-state index in [1.54, 1.807) is 0 Å². The monoisotopic (exact) mass is 308 g/mol. The molecule has 0 aromatic heterocycles. The molecule has 1 saturated heterocycles. The van der Waals surface area contributed by atoms with Gasteiger partial charge in [-0.2, -0.15) is 13.2 Å². The second-order valence-corrected chi connectivity index (χ2v) is 4.70. The summed E-state index contributed by atoms with van der Waals surface area (Å²) in [6, 6.07) is 4.70. The highest BCUT2D eigenvalue weighted by Gasteiger charge is 2.36. The van der Waals surface area contributed by atoms with Crippen molar-refractivity contribution in [3.8, 4) is 0 Å². The Bertz CT molecular complexity index is 479. The van der Waals surface area contributed by atoms with Crippen molar-refractivity contribution in [2.45, 2.75) is 25.1 Å². The largest absolute Gasteiger partial charge is 0.417 e. The van der Waals surface area contributed by atoms with Crippen LogP contribution in [-0.2, 0) is 6.18 Å². The van der Waals surface area contributed by atoms with E-state index in [9.17, 15) is 18.0 Å². The molecule has 7 heteroatoms. The Hall–Kier alpha value is -1.27. The first kappa shape index (κ1) is 16.8. The van der Waals surface area contributed by atoms with E-state index in [4.69, 9.17) is 5.73 Å². The minimum Gasteiger partial charge on any atom is -0.337 e. The third-order valence-corrected chi connectivity index (χ3v) is 3.21. The highest BCUT2D eigenvalue weighted by molar-refractivity contribution is 5.96. The van der Waals surface area contributed by atoms with Gasteiger partial charge in [0, 0.05) is 19.1 Å². The molecule has 1 aromatic rings. The fourth-order valence-corrected chi connectivity index (χ4v) is 2.28. The van der Waals surface area contributed by atoms with Crippen molar-refractivity contribution in [1.82, 2.24) is 4.90 Å². The molecule has 1 aromatic carbocycles. The number of carbonyl (C=O) groups is 1. The van der Waals surface area contributed by atoms with Gasteiger partial charge in [0.15, 0.2) is 0 Å². The molecule has 0 unspecified atom stereocenters. The molecular formula is C13H16ClF3N2O. The zero-order valence-electron chi connectivity index (χ0n) is 10.7. The molecular weight excluding hydrogens is 293 g/mol. The number of hydrogen-bond donors (Lipinski definition) is 1. The highest BCUT2D eigenvalue weighted by atomic mass is 35.5. The van der Waals surface area contributed by atoms with Crippen molar-refractivity contribution in [2.24, 2.45) is 5.73 Å². The van der Waals surface area contributed by atoms with Crippen LogP contribution in [0.4, 0.5) is 13.2 Å². The van der Waals surface area contributed by atoms with Crippen LogP contribution in [0, 0.1) is 0 Å². The molecule has 0 bridgehead atoms. The lowest BCUT2D eigenvalue weighted by Crippen LogP contribution is -2.46. The summed E-state index contributed by atoms with van der Waals surface area (Å²) in [4.78, 5) is 13.6. The van der Waals surface area contributed by atoms with Crippen LogP contribution in [0.1, 0.15) is 28.8 Å². The molecule has 20 heavy (non-hydrogen) atoms. The van der Waals surface area contributed by atoms with Gasteiger partial charge in [0.1, 0.15) is 0 Å². The molecule has 1 aliphatic heterocycles. The summed E-state index contributed by atoms with van der Waals surface area (Å²) < 4.78 is 38.6. The van der Waals surface area contributed by atoms with Gasteiger partial charge in [-0.05, 0) is 25.0 Å². The van der Waals surface area contributed by atoms with Crippen LogP contribution < -0.4 is 5.73 Å². The summed E-state index contributed by atoms with van der Waals surface area (Å²) in [5.74, 6) is -0.594.